The molecule has 0 spiro atoms. The molecule has 0 aliphatic carbocycles. The molecule has 4 N–H and O–H groups in total. The molecule has 1 heterocycles. The first-order chi connectivity index (χ1) is 6.10. The summed E-state index contributed by atoms with van der Waals surface area (Å²) in [5.74, 6) is 0. The molecule has 0 bridgehead atoms. The molecule has 0 aromatic carbocycles. The van der Waals surface area contributed by atoms with E-state index in [1.165, 1.54) is 6.92 Å². The van der Waals surface area contributed by atoms with Crippen molar-refractivity contribution in [1.29, 1.82) is 0 Å². The van der Waals surface area contributed by atoms with Crippen molar-refractivity contribution < 1.29 is 95.5 Å². The average molecular weight is 293 g/mol. The van der Waals surface area contributed by atoms with Crippen molar-refractivity contribution in [1.82, 2.24) is 0 Å². The summed E-state index contributed by atoms with van der Waals surface area (Å²) in [6.07, 6.45) is -0.582. The average Bonchev–Trinajstić information content (AvgIpc) is 2.28. The zero-order chi connectivity index (χ0) is 11.2. The zero-order valence-corrected chi connectivity index (χ0v) is 14.9. The Hall–Kier alpha value is 1.77. The normalized spacial score (nSPS) is 18.9. The molecule has 0 atom stereocenters. The molecule has 1 aliphatic rings. The first-order valence-electron chi connectivity index (χ1n) is 3.43. The van der Waals surface area contributed by atoms with E-state index in [9.17, 15) is 9.13 Å². The van der Waals surface area contributed by atoms with E-state index in [4.69, 9.17) is 19.6 Å². The van der Waals surface area contributed by atoms with Crippen LogP contribution < -0.4 is 59.1 Å². The van der Waals surface area contributed by atoms with Crippen LogP contribution in [0.3, 0.4) is 0 Å². The van der Waals surface area contributed by atoms with E-state index in [1.54, 1.807) is 0 Å². The summed E-state index contributed by atoms with van der Waals surface area (Å²) in [6, 6.07) is 0. The second-order valence-electron chi connectivity index (χ2n) is 2.93. The number of hydrogen-bond acceptors (Lipinski definition) is 4. The number of nitrogens with zero attached hydrogens (tertiary/aromatic N) is 1. The smallest absolute Gasteiger partial charge is 1.00 e. The van der Waals surface area contributed by atoms with Gasteiger partial charge in [-0.3, -0.25) is 9.13 Å². The van der Waals surface area contributed by atoms with Crippen molar-refractivity contribution >= 4 is 20.9 Å². The van der Waals surface area contributed by atoms with Gasteiger partial charge in [-0.2, -0.15) is 0 Å². The molecule has 16 heavy (non-hydrogen) atoms. The molecule has 8 nitrogen and oxygen atoms in total. The molecule has 1 aliphatic heterocycles. The van der Waals surface area contributed by atoms with Crippen molar-refractivity contribution in [2.24, 2.45) is 5.16 Å². The van der Waals surface area contributed by atoms with Gasteiger partial charge in [0.05, 0.1) is 12.1 Å². The largest absolute Gasteiger partial charge is 1.00 e. The van der Waals surface area contributed by atoms with E-state index in [1.807, 2.05) is 0 Å². The van der Waals surface area contributed by atoms with Gasteiger partial charge in [-0.25, -0.2) is 0 Å². The number of hydrogen-bond donors (Lipinski definition) is 4. The summed E-state index contributed by atoms with van der Waals surface area (Å²) in [6.45, 7) is 1.35. The Kier molecular flexibility index (Phi) is 7.89. The van der Waals surface area contributed by atoms with E-state index < -0.39 is 26.7 Å². The molecule has 0 fully saturated rings. The van der Waals surface area contributed by atoms with Gasteiger partial charge in [0.1, 0.15) is 0 Å². The van der Waals surface area contributed by atoms with Crippen LogP contribution in [-0.4, -0.2) is 30.4 Å². The fourth-order valence-electron chi connectivity index (χ4n) is 1.03. The summed E-state index contributed by atoms with van der Waals surface area (Å²) in [7, 11) is -10.2. The third-order valence-corrected chi connectivity index (χ3v) is 5.61. The van der Waals surface area contributed by atoms with Crippen LogP contribution in [0.1, 0.15) is 16.2 Å². The van der Waals surface area contributed by atoms with Gasteiger partial charge >= 0.3 is 79.4 Å². The fraction of sp³-hybridized carbons (Fsp3) is 0.750. The van der Waals surface area contributed by atoms with Crippen LogP contribution >= 0.6 is 15.2 Å². The van der Waals surface area contributed by atoms with Crippen LogP contribution in [0.5, 0.6) is 0 Å². The van der Waals surface area contributed by atoms with Crippen LogP contribution in [-0.2, 0) is 14.0 Å². The van der Waals surface area contributed by atoms with Crippen LogP contribution in [0.15, 0.2) is 5.16 Å². The quantitative estimate of drug-likeness (QED) is 0.294. The van der Waals surface area contributed by atoms with Gasteiger partial charge in [-0.15, -0.1) is 0 Å². The van der Waals surface area contributed by atoms with E-state index in [0.29, 0.717) is 0 Å². The maximum absolute atomic E-state index is 11.0. The summed E-state index contributed by atoms with van der Waals surface area (Å²) in [4.78, 5) is 39.6. The van der Waals surface area contributed by atoms with Crippen molar-refractivity contribution in [2.45, 2.75) is 18.4 Å². The molecule has 0 amide bonds. The van der Waals surface area contributed by atoms with Crippen molar-refractivity contribution in [3.63, 3.8) is 0 Å². The topological polar surface area (TPSA) is 137 Å². The Labute approximate surface area is 139 Å². The maximum atomic E-state index is 11.0. The molecule has 0 saturated carbocycles. The van der Waals surface area contributed by atoms with Gasteiger partial charge in [0.25, 0.3) is 0 Å². The Morgan fingerprint density at radius 3 is 1.75 bits per heavy atom. The molecule has 1 rings (SSSR count). The first kappa shape index (κ1) is 20.1. The Morgan fingerprint density at radius 1 is 1.25 bits per heavy atom. The predicted molar refractivity (Wildman–Crippen MR) is 47.9 cm³/mol. The maximum Gasteiger partial charge on any atom is 1.00 e. The Balaban J connectivity index is -0.000000245. The van der Waals surface area contributed by atoms with Crippen LogP contribution in [0, 0.1) is 0 Å². The monoisotopic (exact) mass is 293 g/mol. The minimum atomic E-state index is -5.10. The molecule has 0 unspecified atom stereocenters. The fourth-order valence-corrected chi connectivity index (χ4v) is 3.55. The molecular weight excluding hydrogens is 282 g/mol. The molecule has 86 valence electrons. The zero-order valence-electron chi connectivity index (χ0n) is 11.1. The van der Waals surface area contributed by atoms with Gasteiger partial charge in [0.2, 0.25) is 0 Å². The van der Waals surface area contributed by atoms with Crippen molar-refractivity contribution in [2.75, 3.05) is 0 Å². The van der Waals surface area contributed by atoms with Gasteiger partial charge in [0.15, 0.2) is 0 Å². The van der Waals surface area contributed by atoms with E-state index >= 15 is 0 Å². The van der Waals surface area contributed by atoms with Crippen LogP contribution in [0.4, 0.5) is 0 Å². The second kappa shape index (κ2) is 6.28. The minimum Gasteiger partial charge on any atom is -1.00 e. The Bertz CT molecular complexity index is 360. The third kappa shape index (κ3) is 3.63. The van der Waals surface area contributed by atoms with Gasteiger partial charge < -0.3 is 27.3 Å². The molecule has 0 saturated heterocycles. The molecular formula is C4H11NNa2O7P2. The summed E-state index contributed by atoms with van der Waals surface area (Å²) >= 11 is 0. The summed E-state index contributed by atoms with van der Waals surface area (Å²) < 4.78 is 21.9. The predicted octanol–water partition coefficient (Wildman–Crippen LogP) is -5.98. The summed E-state index contributed by atoms with van der Waals surface area (Å²) in [5, 5.41) is 0.326. The van der Waals surface area contributed by atoms with E-state index in [-0.39, 0.29) is 67.7 Å². The standard InChI is InChI=1S/C4H9NO7P2.2Na.2H/c1-3-2-4(12-5-3,13(6,7)8)14(9,10)11;;;;/h2H2,1H3,(H2,6,7,8)(H2,9,10,11);;;;/q;2*+1;2*-1. The van der Waals surface area contributed by atoms with Crippen LogP contribution in [0.2, 0.25) is 0 Å². The SMILES string of the molecule is CC1=NOC(P(=O)(O)O)(P(=O)(O)O)C1.[H-].[H-].[Na+].[Na+]. The number of rotatable bonds is 2. The van der Waals surface area contributed by atoms with Crippen molar-refractivity contribution in [3.8, 4) is 0 Å². The van der Waals surface area contributed by atoms with Gasteiger partial charge in [-0.1, -0.05) is 5.16 Å². The van der Waals surface area contributed by atoms with E-state index in [2.05, 4.69) is 9.99 Å². The van der Waals surface area contributed by atoms with Gasteiger partial charge in [-0.05, 0) is 6.92 Å². The third-order valence-electron chi connectivity index (χ3n) is 1.74. The first-order valence-corrected chi connectivity index (χ1v) is 6.65. The minimum absolute atomic E-state index is 0. The van der Waals surface area contributed by atoms with E-state index in [0.717, 1.165) is 0 Å². The van der Waals surface area contributed by atoms with Crippen LogP contribution in [0.25, 0.3) is 0 Å². The van der Waals surface area contributed by atoms with Crippen molar-refractivity contribution in [3.05, 3.63) is 0 Å². The molecule has 12 heteroatoms. The summed E-state index contributed by atoms with van der Waals surface area (Å²) in [5.41, 5.74) is 0.122. The molecule has 0 aromatic rings. The molecule has 0 aromatic heterocycles. The van der Waals surface area contributed by atoms with Gasteiger partial charge in [0, 0.05) is 0 Å². The Morgan fingerprint density at radius 2 is 1.62 bits per heavy atom. The second-order valence-corrected chi connectivity index (χ2v) is 6.90. The number of oxime groups is 1. The molecule has 0 radical (unpaired) electrons.